The van der Waals surface area contributed by atoms with Gasteiger partial charge in [-0.05, 0) is 141 Å². The summed E-state index contributed by atoms with van der Waals surface area (Å²) in [5.74, 6) is 9.69. The Morgan fingerprint density at radius 3 is 2.24 bits per heavy atom. The van der Waals surface area contributed by atoms with Crippen molar-refractivity contribution < 1.29 is 9.53 Å². The molecule has 49 heavy (non-hydrogen) atoms. The molecule has 0 radical (unpaired) electrons. The molecular formula is C47H80O2. The molecule has 5 unspecified atom stereocenters. The van der Waals surface area contributed by atoms with Gasteiger partial charge in [0.15, 0.2) is 0 Å². The maximum absolute atomic E-state index is 12.9. The van der Waals surface area contributed by atoms with Crippen molar-refractivity contribution in [1.82, 2.24) is 0 Å². The van der Waals surface area contributed by atoms with Crippen molar-refractivity contribution in [2.45, 2.75) is 208 Å². The second-order valence-electron chi connectivity index (χ2n) is 20.2. The Morgan fingerprint density at radius 1 is 0.796 bits per heavy atom. The van der Waals surface area contributed by atoms with Crippen LogP contribution in [0.3, 0.4) is 0 Å². The Balaban J connectivity index is 0.850. The van der Waals surface area contributed by atoms with Crippen molar-refractivity contribution in [2.75, 3.05) is 0 Å². The predicted molar refractivity (Wildman–Crippen MR) is 207 cm³/mol. The Bertz CT molecular complexity index is 1090. The molecule has 12 atom stereocenters. The highest BCUT2D eigenvalue weighted by Crippen LogP contribution is 2.67. The second-order valence-corrected chi connectivity index (χ2v) is 20.2. The molecular weight excluding hydrogens is 597 g/mol. The van der Waals surface area contributed by atoms with Crippen molar-refractivity contribution in [3.05, 3.63) is 11.6 Å². The lowest BCUT2D eigenvalue weighted by molar-refractivity contribution is -0.151. The molecule has 2 heteroatoms. The lowest BCUT2D eigenvalue weighted by Crippen LogP contribution is -2.51. The fourth-order valence-electron chi connectivity index (χ4n) is 13.2. The molecule has 6 rings (SSSR count). The van der Waals surface area contributed by atoms with Crippen molar-refractivity contribution >= 4 is 5.97 Å². The largest absolute Gasteiger partial charge is 0.462 e. The van der Waals surface area contributed by atoms with E-state index in [1.165, 1.54) is 122 Å². The Kier molecular flexibility index (Phi) is 13.1. The van der Waals surface area contributed by atoms with Crippen LogP contribution in [-0.4, -0.2) is 12.1 Å². The molecule has 0 aromatic rings. The van der Waals surface area contributed by atoms with E-state index < -0.39 is 0 Å². The van der Waals surface area contributed by atoms with E-state index in [1.54, 1.807) is 18.4 Å². The first-order chi connectivity index (χ1) is 23.6. The van der Waals surface area contributed by atoms with Gasteiger partial charge in [-0.25, -0.2) is 0 Å². The number of hydrogen-bond acceptors (Lipinski definition) is 2. The van der Waals surface area contributed by atoms with E-state index in [1.807, 2.05) is 0 Å². The van der Waals surface area contributed by atoms with Crippen LogP contribution < -0.4 is 0 Å². The Labute approximate surface area is 304 Å². The molecule has 6 aliphatic carbocycles. The minimum Gasteiger partial charge on any atom is -0.462 e. The van der Waals surface area contributed by atoms with E-state index in [4.69, 9.17) is 4.74 Å². The van der Waals surface area contributed by atoms with Crippen LogP contribution in [0.4, 0.5) is 0 Å². The molecule has 0 aromatic heterocycles. The van der Waals surface area contributed by atoms with Crippen LogP contribution in [0.25, 0.3) is 0 Å². The molecule has 0 bridgehead atoms. The minimum atomic E-state index is 0.0738. The van der Waals surface area contributed by atoms with E-state index in [0.717, 1.165) is 78.4 Å². The number of ether oxygens (including phenoxy) is 1. The molecule has 0 amide bonds. The van der Waals surface area contributed by atoms with E-state index >= 15 is 0 Å². The standard InChI is InChI=1S/C47H80O2/c1-7-8-12-18-35-29-37(35)31-38-30-36(38)19-13-10-9-11-14-20-45(48)49-40-25-27-46(5)39(32-40)21-22-41-43-24-23-42(34(4)17-15-16-33(2)3)47(43,6)28-26-44(41)46/h21,33-38,40-44H,7-20,22-32H2,1-6H3/t34-,35?,36?,37?,38?,40?,41+,42-,43-,44-,46+,47-/m1/s1. The normalized spacial score (nSPS) is 39.9. The van der Waals surface area contributed by atoms with Crippen molar-refractivity contribution in [3.63, 3.8) is 0 Å². The predicted octanol–water partition coefficient (Wildman–Crippen LogP) is 13.9. The average molecular weight is 677 g/mol. The number of hydrogen-bond donors (Lipinski definition) is 0. The topological polar surface area (TPSA) is 26.3 Å². The number of carbonyl (C=O) groups is 1. The quantitative estimate of drug-likeness (QED) is 0.0729. The number of fused-ring (bicyclic) bond motifs is 5. The summed E-state index contributed by atoms with van der Waals surface area (Å²) in [6, 6.07) is 0. The zero-order valence-electron chi connectivity index (χ0n) is 33.4. The zero-order chi connectivity index (χ0) is 34.6. The van der Waals surface area contributed by atoms with E-state index in [-0.39, 0.29) is 12.1 Å². The maximum Gasteiger partial charge on any atom is 0.306 e. The summed E-state index contributed by atoms with van der Waals surface area (Å²) in [7, 11) is 0. The van der Waals surface area contributed by atoms with Crippen LogP contribution in [0.15, 0.2) is 11.6 Å². The highest BCUT2D eigenvalue weighted by atomic mass is 16.5. The summed E-state index contributed by atoms with van der Waals surface area (Å²) in [6.45, 7) is 15.0. The van der Waals surface area contributed by atoms with Gasteiger partial charge in [-0.3, -0.25) is 4.79 Å². The van der Waals surface area contributed by atoms with Gasteiger partial charge in [0.05, 0.1) is 0 Å². The van der Waals surface area contributed by atoms with Crippen molar-refractivity contribution in [3.8, 4) is 0 Å². The SMILES string of the molecule is CCCCCC1CC1CC1CC1CCCCCCCC(=O)OC1CC[C@@]2(C)C(=CC[C@H]3[C@H]4CC[C@H]([C@H](C)CCCC(C)C)[C@@]4(C)CC[C@H]32)C1. The molecule has 0 saturated heterocycles. The van der Waals surface area contributed by atoms with Crippen LogP contribution in [0.2, 0.25) is 0 Å². The van der Waals surface area contributed by atoms with Gasteiger partial charge < -0.3 is 4.74 Å². The summed E-state index contributed by atoms with van der Waals surface area (Å²) in [6.07, 6.45) is 36.2. The van der Waals surface area contributed by atoms with Crippen LogP contribution in [0.1, 0.15) is 202 Å². The van der Waals surface area contributed by atoms with Gasteiger partial charge in [0.2, 0.25) is 0 Å². The van der Waals surface area contributed by atoms with Gasteiger partial charge in [0, 0.05) is 12.8 Å². The summed E-state index contributed by atoms with van der Waals surface area (Å²) in [4.78, 5) is 12.9. The van der Waals surface area contributed by atoms with E-state index in [2.05, 4.69) is 47.6 Å². The van der Waals surface area contributed by atoms with E-state index in [0.29, 0.717) is 17.3 Å². The van der Waals surface area contributed by atoms with Gasteiger partial charge in [-0.15, -0.1) is 0 Å². The lowest BCUT2D eigenvalue weighted by Gasteiger charge is -2.58. The number of carbonyl (C=O) groups excluding carboxylic acids is 1. The van der Waals surface area contributed by atoms with Gasteiger partial charge >= 0.3 is 5.97 Å². The molecule has 5 fully saturated rings. The van der Waals surface area contributed by atoms with Crippen molar-refractivity contribution in [1.29, 1.82) is 0 Å². The third-order valence-electron chi connectivity index (χ3n) is 16.4. The first-order valence-corrected chi connectivity index (χ1v) is 22.5. The molecule has 0 spiro atoms. The minimum absolute atomic E-state index is 0.0738. The lowest BCUT2D eigenvalue weighted by atomic mass is 9.47. The highest BCUT2D eigenvalue weighted by Gasteiger charge is 2.59. The van der Waals surface area contributed by atoms with Crippen molar-refractivity contribution in [2.24, 2.45) is 70.0 Å². The summed E-state index contributed by atoms with van der Waals surface area (Å²) in [5.41, 5.74) is 2.54. The third kappa shape index (κ3) is 9.24. The van der Waals surface area contributed by atoms with Crippen LogP contribution in [0.5, 0.6) is 0 Å². The van der Waals surface area contributed by atoms with Crippen LogP contribution in [0, 0.1) is 70.0 Å². The Morgan fingerprint density at radius 2 is 1.51 bits per heavy atom. The molecule has 6 aliphatic rings. The fourth-order valence-corrected chi connectivity index (χ4v) is 13.2. The van der Waals surface area contributed by atoms with Gasteiger partial charge in [-0.1, -0.05) is 130 Å². The molecule has 280 valence electrons. The fraction of sp³-hybridized carbons (Fsp3) is 0.936. The summed E-state index contributed by atoms with van der Waals surface area (Å²) < 4.78 is 6.16. The molecule has 0 heterocycles. The molecule has 0 N–H and O–H groups in total. The molecule has 5 saturated carbocycles. The molecule has 0 aliphatic heterocycles. The smallest absolute Gasteiger partial charge is 0.306 e. The molecule has 2 nitrogen and oxygen atoms in total. The monoisotopic (exact) mass is 677 g/mol. The number of allylic oxidation sites excluding steroid dienone is 1. The Hall–Kier alpha value is -0.790. The second kappa shape index (κ2) is 16.9. The zero-order valence-corrected chi connectivity index (χ0v) is 33.4. The first-order valence-electron chi connectivity index (χ1n) is 22.5. The number of esters is 1. The van der Waals surface area contributed by atoms with Crippen LogP contribution in [-0.2, 0) is 9.53 Å². The van der Waals surface area contributed by atoms with Gasteiger partial charge in [-0.2, -0.15) is 0 Å². The highest BCUT2D eigenvalue weighted by molar-refractivity contribution is 5.69. The van der Waals surface area contributed by atoms with E-state index in [9.17, 15) is 4.79 Å². The third-order valence-corrected chi connectivity index (χ3v) is 16.4. The van der Waals surface area contributed by atoms with Crippen LogP contribution >= 0.6 is 0 Å². The first kappa shape index (κ1) is 38.0. The molecule has 0 aromatic carbocycles. The number of rotatable bonds is 20. The maximum atomic E-state index is 12.9. The average Bonchev–Trinajstić information content (AvgIpc) is 3.96. The van der Waals surface area contributed by atoms with Gasteiger partial charge in [0.1, 0.15) is 6.10 Å². The van der Waals surface area contributed by atoms with Gasteiger partial charge in [0.25, 0.3) is 0 Å². The summed E-state index contributed by atoms with van der Waals surface area (Å²) >= 11 is 0. The summed E-state index contributed by atoms with van der Waals surface area (Å²) in [5, 5.41) is 0. The number of unbranched alkanes of at least 4 members (excludes halogenated alkanes) is 6.